The van der Waals surface area contributed by atoms with E-state index >= 15 is 0 Å². The molecular formula is C59H102O6. The summed E-state index contributed by atoms with van der Waals surface area (Å²) in [4.78, 5) is 38.1. The van der Waals surface area contributed by atoms with Gasteiger partial charge in [0.15, 0.2) is 6.10 Å². The van der Waals surface area contributed by atoms with Gasteiger partial charge in [0, 0.05) is 19.3 Å². The largest absolute Gasteiger partial charge is 0.462 e. The van der Waals surface area contributed by atoms with Crippen LogP contribution in [0.2, 0.25) is 0 Å². The fourth-order valence-corrected chi connectivity index (χ4v) is 7.58. The van der Waals surface area contributed by atoms with Crippen LogP contribution < -0.4 is 0 Å². The molecule has 0 heterocycles. The lowest BCUT2D eigenvalue weighted by Gasteiger charge is -2.18. The standard InChI is InChI=1S/C59H102O6/c1-4-7-10-13-16-19-22-25-27-28-29-30-32-34-37-40-43-46-49-52-58(61)64-55-56(54-63-57(60)51-48-45-42-39-36-33-24-21-18-15-12-9-6-3)65-59(62)53-50-47-44-41-38-35-31-26-23-20-17-14-11-8-5-2/h7,10,16,19-20,23,25,27,29-30,34,37,56H,4-6,8-9,11-15,17-18,21-22,24,26,28,31-33,35-36,38-55H2,1-3H3/b10-7+,19-16+,23-20+,27-25+,30-29+,37-34+/t56-/m1/s1. The second-order valence-corrected chi connectivity index (χ2v) is 18.1. The summed E-state index contributed by atoms with van der Waals surface area (Å²) < 4.78 is 16.8. The van der Waals surface area contributed by atoms with Crippen molar-refractivity contribution in [1.82, 2.24) is 0 Å². The Morgan fingerprint density at radius 3 is 0.985 bits per heavy atom. The highest BCUT2D eigenvalue weighted by molar-refractivity contribution is 5.71. The first kappa shape index (κ1) is 61.9. The number of rotatable bonds is 49. The molecule has 0 aromatic rings. The van der Waals surface area contributed by atoms with Gasteiger partial charge in [-0.15, -0.1) is 0 Å². The van der Waals surface area contributed by atoms with Crippen LogP contribution in [-0.4, -0.2) is 37.2 Å². The Bertz CT molecular complexity index is 1230. The molecule has 0 N–H and O–H groups in total. The minimum Gasteiger partial charge on any atom is -0.462 e. The number of carbonyl (C=O) groups excluding carboxylic acids is 3. The van der Waals surface area contributed by atoms with E-state index in [2.05, 4.69) is 93.7 Å². The number of carbonyl (C=O) groups is 3. The first-order valence-electron chi connectivity index (χ1n) is 27.4. The molecule has 0 saturated heterocycles. The van der Waals surface area contributed by atoms with Gasteiger partial charge in [-0.25, -0.2) is 0 Å². The molecule has 0 fully saturated rings. The molecular weight excluding hydrogens is 805 g/mol. The second kappa shape index (κ2) is 53.5. The molecule has 374 valence electrons. The fraction of sp³-hybridized carbons (Fsp3) is 0.746. The zero-order chi connectivity index (χ0) is 47.2. The normalized spacial score (nSPS) is 12.6. The van der Waals surface area contributed by atoms with E-state index in [4.69, 9.17) is 14.2 Å². The van der Waals surface area contributed by atoms with Crippen molar-refractivity contribution >= 4 is 17.9 Å². The average Bonchev–Trinajstić information content (AvgIpc) is 3.30. The summed E-state index contributed by atoms with van der Waals surface area (Å²) in [5, 5.41) is 0. The SMILES string of the molecule is CC/C=C/C/C=C/C/C=C/C/C=C/C/C=C/CCCCCC(=O)OC[C@@H](COC(=O)CCCCCCCCCCCCCCC)OC(=O)CCCCCCCCC/C=C/CCCCCC. The van der Waals surface area contributed by atoms with Crippen LogP contribution in [0.5, 0.6) is 0 Å². The summed E-state index contributed by atoms with van der Waals surface area (Å²) in [6.45, 7) is 6.49. The van der Waals surface area contributed by atoms with E-state index < -0.39 is 6.10 Å². The molecule has 6 nitrogen and oxygen atoms in total. The maximum atomic E-state index is 12.8. The molecule has 0 aromatic carbocycles. The Hall–Kier alpha value is -3.15. The van der Waals surface area contributed by atoms with Gasteiger partial charge in [-0.3, -0.25) is 14.4 Å². The highest BCUT2D eigenvalue weighted by Crippen LogP contribution is 2.15. The second-order valence-electron chi connectivity index (χ2n) is 18.1. The predicted octanol–water partition coefficient (Wildman–Crippen LogP) is 18.2. The van der Waals surface area contributed by atoms with Gasteiger partial charge in [0.25, 0.3) is 0 Å². The van der Waals surface area contributed by atoms with Gasteiger partial charge in [0.1, 0.15) is 13.2 Å². The monoisotopic (exact) mass is 907 g/mol. The van der Waals surface area contributed by atoms with Crippen LogP contribution in [0.3, 0.4) is 0 Å². The van der Waals surface area contributed by atoms with Crippen LogP contribution in [0.25, 0.3) is 0 Å². The van der Waals surface area contributed by atoms with Gasteiger partial charge in [-0.05, 0) is 89.9 Å². The summed E-state index contributed by atoms with van der Waals surface area (Å²) in [6.07, 6.45) is 67.4. The average molecular weight is 907 g/mol. The zero-order valence-electron chi connectivity index (χ0n) is 42.7. The number of unbranched alkanes of at least 4 members (excludes halogenated alkanes) is 26. The van der Waals surface area contributed by atoms with Crippen molar-refractivity contribution in [3.8, 4) is 0 Å². The molecule has 65 heavy (non-hydrogen) atoms. The molecule has 0 aliphatic carbocycles. The summed E-state index contributed by atoms with van der Waals surface area (Å²) >= 11 is 0. The number of ether oxygens (including phenoxy) is 3. The molecule has 0 aromatic heterocycles. The van der Waals surface area contributed by atoms with Crippen LogP contribution in [0.15, 0.2) is 72.9 Å². The zero-order valence-corrected chi connectivity index (χ0v) is 42.7. The van der Waals surface area contributed by atoms with E-state index in [-0.39, 0.29) is 31.1 Å². The van der Waals surface area contributed by atoms with E-state index in [1.54, 1.807) is 0 Å². The molecule has 0 unspecified atom stereocenters. The maximum Gasteiger partial charge on any atom is 0.306 e. The van der Waals surface area contributed by atoms with Crippen molar-refractivity contribution in [2.24, 2.45) is 0 Å². The summed E-state index contributed by atoms with van der Waals surface area (Å²) in [6, 6.07) is 0. The Kier molecular flexibility index (Phi) is 50.9. The fourth-order valence-electron chi connectivity index (χ4n) is 7.58. The number of hydrogen-bond donors (Lipinski definition) is 0. The van der Waals surface area contributed by atoms with E-state index in [1.807, 2.05) is 0 Å². The Morgan fingerprint density at radius 2 is 0.600 bits per heavy atom. The van der Waals surface area contributed by atoms with Crippen LogP contribution >= 0.6 is 0 Å². The van der Waals surface area contributed by atoms with Crippen molar-refractivity contribution in [3.05, 3.63) is 72.9 Å². The quantitative estimate of drug-likeness (QED) is 0.0262. The van der Waals surface area contributed by atoms with Crippen molar-refractivity contribution in [2.45, 2.75) is 271 Å². The highest BCUT2D eigenvalue weighted by atomic mass is 16.6. The van der Waals surface area contributed by atoms with Gasteiger partial charge in [0.2, 0.25) is 0 Å². The van der Waals surface area contributed by atoms with E-state index in [9.17, 15) is 14.4 Å². The molecule has 0 amide bonds. The third kappa shape index (κ3) is 51.7. The Labute approximate surface area is 402 Å². The lowest BCUT2D eigenvalue weighted by molar-refractivity contribution is -0.167. The van der Waals surface area contributed by atoms with E-state index in [0.29, 0.717) is 19.3 Å². The molecule has 6 heteroatoms. The van der Waals surface area contributed by atoms with E-state index in [1.165, 1.54) is 128 Å². The van der Waals surface area contributed by atoms with Gasteiger partial charge in [-0.2, -0.15) is 0 Å². The number of allylic oxidation sites excluding steroid dienone is 12. The molecule has 0 aliphatic heterocycles. The number of hydrogen-bond acceptors (Lipinski definition) is 6. The maximum absolute atomic E-state index is 12.8. The lowest BCUT2D eigenvalue weighted by atomic mass is 10.0. The Balaban J connectivity index is 4.43. The summed E-state index contributed by atoms with van der Waals surface area (Å²) in [7, 11) is 0. The van der Waals surface area contributed by atoms with Crippen molar-refractivity contribution in [2.75, 3.05) is 13.2 Å². The predicted molar refractivity (Wildman–Crippen MR) is 279 cm³/mol. The topological polar surface area (TPSA) is 78.9 Å². The minimum absolute atomic E-state index is 0.0857. The van der Waals surface area contributed by atoms with Crippen molar-refractivity contribution in [3.63, 3.8) is 0 Å². The molecule has 0 spiro atoms. The first-order chi connectivity index (χ1) is 32.0. The van der Waals surface area contributed by atoms with Crippen molar-refractivity contribution in [1.29, 1.82) is 0 Å². The van der Waals surface area contributed by atoms with Gasteiger partial charge in [-0.1, -0.05) is 229 Å². The van der Waals surface area contributed by atoms with Crippen LogP contribution in [-0.2, 0) is 28.6 Å². The summed E-state index contributed by atoms with van der Waals surface area (Å²) in [5.41, 5.74) is 0. The third-order valence-corrected chi connectivity index (χ3v) is 11.7. The molecule has 0 rings (SSSR count). The van der Waals surface area contributed by atoms with Crippen LogP contribution in [0, 0.1) is 0 Å². The minimum atomic E-state index is -0.789. The third-order valence-electron chi connectivity index (χ3n) is 11.7. The van der Waals surface area contributed by atoms with Crippen LogP contribution in [0.1, 0.15) is 265 Å². The smallest absolute Gasteiger partial charge is 0.306 e. The van der Waals surface area contributed by atoms with Crippen molar-refractivity contribution < 1.29 is 28.6 Å². The summed E-state index contributed by atoms with van der Waals surface area (Å²) in [5.74, 6) is -0.917. The first-order valence-corrected chi connectivity index (χ1v) is 27.4. The molecule has 0 saturated carbocycles. The van der Waals surface area contributed by atoms with E-state index in [0.717, 1.165) is 96.3 Å². The Morgan fingerprint density at radius 1 is 0.323 bits per heavy atom. The molecule has 1 atom stereocenters. The van der Waals surface area contributed by atoms with Gasteiger partial charge >= 0.3 is 17.9 Å². The molecule has 0 radical (unpaired) electrons. The lowest BCUT2D eigenvalue weighted by Crippen LogP contribution is -2.30. The van der Waals surface area contributed by atoms with Gasteiger partial charge < -0.3 is 14.2 Å². The molecule has 0 bridgehead atoms. The van der Waals surface area contributed by atoms with Crippen LogP contribution in [0.4, 0.5) is 0 Å². The number of esters is 3. The van der Waals surface area contributed by atoms with Gasteiger partial charge in [0.05, 0.1) is 0 Å². The molecule has 0 aliphatic rings. The highest BCUT2D eigenvalue weighted by Gasteiger charge is 2.19.